The Morgan fingerprint density at radius 3 is 2.28 bits per heavy atom. The second-order valence-corrected chi connectivity index (χ2v) is 5.25. The Balaban J connectivity index is 2.23. The number of carbonyl (C=O) groups excluding carboxylic acids is 1. The van der Waals surface area contributed by atoms with Crippen molar-refractivity contribution in [2.24, 2.45) is 11.8 Å². The summed E-state index contributed by atoms with van der Waals surface area (Å²) >= 11 is 0. The summed E-state index contributed by atoms with van der Waals surface area (Å²) in [5.41, 5.74) is 0. The van der Waals surface area contributed by atoms with Crippen LogP contribution >= 0.6 is 0 Å². The highest BCUT2D eigenvalue weighted by molar-refractivity contribution is 5.71. The normalized spacial score (nSPS) is 29.1. The summed E-state index contributed by atoms with van der Waals surface area (Å²) in [6.07, 6.45) is -1.73. The largest absolute Gasteiger partial charge is 0.461 e. The molecule has 6 heteroatoms. The van der Waals surface area contributed by atoms with Crippen LogP contribution in [-0.2, 0) is 9.53 Å². The lowest BCUT2D eigenvalue weighted by Gasteiger charge is -2.31. The zero-order chi connectivity index (χ0) is 13.8. The molecule has 18 heavy (non-hydrogen) atoms. The Labute approximate surface area is 105 Å². The Morgan fingerprint density at radius 1 is 1.22 bits per heavy atom. The number of esters is 1. The molecule has 0 bridgehead atoms. The second kappa shape index (κ2) is 6.41. The van der Waals surface area contributed by atoms with Gasteiger partial charge in [0.2, 0.25) is 0 Å². The molecule has 1 fully saturated rings. The van der Waals surface area contributed by atoms with Gasteiger partial charge >= 0.3 is 12.1 Å². The molecular formula is C12H20F3NO2. The first kappa shape index (κ1) is 15.3. The van der Waals surface area contributed by atoms with E-state index in [1.165, 1.54) is 0 Å². The number of nitrogens with one attached hydrogen (secondary N) is 1. The highest BCUT2D eigenvalue weighted by Gasteiger charge is 2.28. The highest BCUT2D eigenvalue weighted by atomic mass is 19.4. The van der Waals surface area contributed by atoms with Crippen molar-refractivity contribution >= 4 is 5.97 Å². The second-order valence-electron chi connectivity index (χ2n) is 5.25. The summed E-state index contributed by atoms with van der Waals surface area (Å²) in [7, 11) is 0. The summed E-state index contributed by atoms with van der Waals surface area (Å²) < 4.78 is 40.7. The minimum absolute atomic E-state index is 0.149. The van der Waals surface area contributed by atoms with Crippen molar-refractivity contribution in [3.63, 3.8) is 0 Å². The van der Waals surface area contributed by atoms with E-state index in [1.807, 2.05) is 5.32 Å². The summed E-state index contributed by atoms with van der Waals surface area (Å²) in [4.78, 5) is 11.4. The monoisotopic (exact) mass is 267 g/mol. The number of ether oxygens (including phenoxy) is 1. The Bertz CT molecular complexity index is 271. The van der Waals surface area contributed by atoms with Gasteiger partial charge in [-0.1, -0.05) is 13.8 Å². The SMILES string of the molecule is CC1CC(C)CC(OC(=O)CNCC(F)(F)F)C1. The van der Waals surface area contributed by atoms with E-state index in [4.69, 9.17) is 4.74 Å². The van der Waals surface area contributed by atoms with Crippen LogP contribution in [0.4, 0.5) is 13.2 Å². The fourth-order valence-corrected chi connectivity index (χ4v) is 2.50. The molecule has 1 N–H and O–H groups in total. The summed E-state index contributed by atoms with van der Waals surface area (Å²) in [6, 6.07) is 0. The summed E-state index contributed by atoms with van der Waals surface area (Å²) in [5.74, 6) is 0.384. The molecule has 0 radical (unpaired) electrons. The smallest absolute Gasteiger partial charge is 0.401 e. The van der Waals surface area contributed by atoms with E-state index in [1.54, 1.807) is 0 Å². The molecule has 1 aliphatic carbocycles. The van der Waals surface area contributed by atoms with E-state index in [2.05, 4.69) is 13.8 Å². The molecule has 0 aromatic rings. The lowest BCUT2D eigenvalue weighted by Crippen LogP contribution is -2.36. The van der Waals surface area contributed by atoms with Gasteiger partial charge in [-0.2, -0.15) is 13.2 Å². The van der Waals surface area contributed by atoms with Crippen LogP contribution in [0.5, 0.6) is 0 Å². The molecule has 0 aliphatic heterocycles. The van der Waals surface area contributed by atoms with Crippen LogP contribution in [-0.4, -0.2) is 31.3 Å². The average Bonchev–Trinajstić information content (AvgIpc) is 2.12. The number of hydrogen-bond acceptors (Lipinski definition) is 3. The molecule has 0 aromatic heterocycles. The molecule has 1 saturated carbocycles. The highest BCUT2D eigenvalue weighted by Crippen LogP contribution is 2.30. The van der Waals surface area contributed by atoms with Crippen molar-refractivity contribution in [2.45, 2.75) is 45.4 Å². The first-order valence-electron chi connectivity index (χ1n) is 6.23. The predicted octanol–water partition coefficient (Wildman–Crippen LogP) is 2.51. The van der Waals surface area contributed by atoms with Crippen LogP contribution in [0, 0.1) is 11.8 Å². The van der Waals surface area contributed by atoms with Gasteiger partial charge in [-0.05, 0) is 31.1 Å². The van der Waals surface area contributed by atoms with E-state index >= 15 is 0 Å². The lowest BCUT2D eigenvalue weighted by atomic mass is 9.82. The van der Waals surface area contributed by atoms with E-state index in [-0.39, 0.29) is 6.10 Å². The topological polar surface area (TPSA) is 38.3 Å². The summed E-state index contributed by atoms with van der Waals surface area (Å²) in [5, 5.41) is 2.04. The van der Waals surface area contributed by atoms with Gasteiger partial charge in [-0.15, -0.1) is 0 Å². The van der Waals surface area contributed by atoms with Crippen molar-refractivity contribution in [2.75, 3.05) is 13.1 Å². The molecule has 0 heterocycles. The van der Waals surface area contributed by atoms with Crippen LogP contribution < -0.4 is 5.32 Å². The van der Waals surface area contributed by atoms with E-state index in [0.29, 0.717) is 11.8 Å². The number of hydrogen-bond donors (Lipinski definition) is 1. The molecule has 0 saturated heterocycles. The number of alkyl halides is 3. The Kier molecular flexibility index (Phi) is 5.44. The quantitative estimate of drug-likeness (QED) is 0.795. The maximum Gasteiger partial charge on any atom is 0.401 e. The van der Waals surface area contributed by atoms with Crippen molar-refractivity contribution in [3.05, 3.63) is 0 Å². The number of carbonyl (C=O) groups is 1. The maximum absolute atomic E-state index is 11.9. The number of rotatable bonds is 4. The molecule has 1 aliphatic rings. The lowest BCUT2D eigenvalue weighted by molar-refractivity contribution is -0.152. The van der Waals surface area contributed by atoms with Gasteiger partial charge in [0.1, 0.15) is 6.10 Å². The average molecular weight is 267 g/mol. The minimum atomic E-state index is -4.30. The molecule has 0 aromatic carbocycles. The van der Waals surface area contributed by atoms with Gasteiger partial charge in [-0.25, -0.2) is 0 Å². The molecule has 0 amide bonds. The van der Waals surface area contributed by atoms with Gasteiger partial charge in [0.05, 0.1) is 13.1 Å². The van der Waals surface area contributed by atoms with Crippen molar-refractivity contribution < 1.29 is 22.7 Å². The zero-order valence-corrected chi connectivity index (χ0v) is 10.7. The predicted molar refractivity (Wildman–Crippen MR) is 61.0 cm³/mol. The van der Waals surface area contributed by atoms with Crippen molar-refractivity contribution in [1.82, 2.24) is 5.32 Å². The van der Waals surface area contributed by atoms with Crippen LogP contribution in [0.15, 0.2) is 0 Å². The minimum Gasteiger partial charge on any atom is -0.461 e. The molecule has 2 unspecified atom stereocenters. The standard InChI is InChI=1S/C12H20F3NO2/c1-8-3-9(2)5-10(4-8)18-11(17)6-16-7-12(13,14)15/h8-10,16H,3-7H2,1-2H3. The molecule has 1 rings (SSSR count). The van der Waals surface area contributed by atoms with Crippen LogP contribution in [0.25, 0.3) is 0 Å². The van der Waals surface area contributed by atoms with Crippen LogP contribution in [0.2, 0.25) is 0 Å². The molecular weight excluding hydrogens is 247 g/mol. The van der Waals surface area contributed by atoms with Crippen molar-refractivity contribution in [1.29, 1.82) is 0 Å². The van der Waals surface area contributed by atoms with Crippen LogP contribution in [0.1, 0.15) is 33.1 Å². The maximum atomic E-state index is 11.9. The Morgan fingerprint density at radius 2 is 1.78 bits per heavy atom. The van der Waals surface area contributed by atoms with Gasteiger partial charge in [-0.3, -0.25) is 10.1 Å². The van der Waals surface area contributed by atoms with Gasteiger partial charge < -0.3 is 4.74 Å². The van der Waals surface area contributed by atoms with Gasteiger partial charge in [0, 0.05) is 0 Å². The third-order valence-electron chi connectivity index (χ3n) is 3.03. The molecule has 3 nitrogen and oxygen atoms in total. The first-order valence-corrected chi connectivity index (χ1v) is 6.23. The first-order chi connectivity index (χ1) is 8.26. The van der Waals surface area contributed by atoms with E-state index in [0.717, 1.165) is 19.3 Å². The zero-order valence-electron chi connectivity index (χ0n) is 10.7. The Hall–Kier alpha value is -0.780. The van der Waals surface area contributed by atoms with E-state index in [9.17, 15) is 18.0 Å². The molecule has 2 atom stereocenters. The van der Waals surface area contributed by atoms with Gasteiger partial charge in [0.15, 0.2) is 0 Å². The van der Waals surface area contributed by atoms with Gasteiger partial charge in [0.25, 0.3) is 0 Å². The fourth-order valence-electron chi connectivity index (χ4n) is 2.50. The fraction of sp³-hybridized carbons (Fsp3) is 0.917. The summed E-state index contributed by atoms with van der Waals surface area (Å²) in [6.45, 7) is 2.63. The van der Waals surface area contributed by atoms with E-state index < -0.39 is 25.2 Å². The molecule has 0 spiro atoms. The molecule has 106 valence electrons. The third-order valence-corrected chi connectivity index (χ3v) is 3.03. The number of halogens is 3. The third kappa shape index (κ3) is 6.23. The van der Waals surface area contributed by atoms with Crippen LogP contribution in [0.3, 0.4) is 0 Å². The van der Waals surface area contributed by atoms with Crippen molar-refractivity contribution in [3.8, 4) is 0 Å².